The van der Waals surface area contributed by atoms with Gasteiger partial charge in [0.15, 0.2) is 0 Å². The van der Waals surface area contributed by atoms with Gasteiger partial charge in [-0.05, 0) is 98.2 Å². The number of hydrogen-bond acceptors (Lipinski definition) is 12. The fourth-order valence-electron chi connectivity index (χ4n) is 8.04. The van der Waals surface area contributed by atoms with Gasteiger partial charge in [0, 0.05) is 40.5 Å². The molecule has 2 unspecified atom stereocenters. The molecule has 0 amide bonds. The van der Waals surface area contributed by atoms with Crippen molar-refractivity contribution < 1.29 is 48.3 Å². The standard InChI is InChI=1S/C44H48N4O10/c1-8-26-23(2)31-19-32-24(3)27(10-13-39(51)57-17-15-49)34(45-32)21-35-28(11-14-40(52)58-18-16-50)25(4)33(46-35)20-37-30-12-9-29(42(53)55-6)41(43(54)56-7)44(30,5)38(48-37)22-36(26)47-31/h8-9,12,19-22,41,45,47,49-50H,1,10-11,13-18H2,2-7H3. The third-order valence-corrected chi connectivity index (χ3v) is 11.2. The van der Waals surface area contributed by atoms with Gasteiger partial charge < -0.3 is 39.1 Å². The first kappa shape index (κ1) is 41.5. The highest BCUT2D eigenvalue weighted by atomic mass is 16.5. The number of H-pyrrole nitrogens is 2. The maximum atomic E-state index is 13.7. The molecule has 14 heteroatoms. The number of fused-ring (bicyclic) bond motifs is 11. The van der Waals surface area contributed by atoms with E-state index in [4.69, 9.17) is 28.9 Å². The van der Waals surface area contributed by atoms with E-state index in [0.717, 1.165) is 44.4 Å². The van der Waals surface area contributed by atoms with Crippen molar-refractivity contribution in [3.05, 3.63) is 93.6 Å². The van der Waals surface area contributed by atoms with Crippen LogP contribution in [0.4, 0.5) is 0 Å². The number of nitrogens with one attached hydrogen (secondary N) is 2. The molecule has 0 fully saturated rings. The smallest absolute Gasteiger partial charge is 0.334 e. The number of aliphatic hydroxyl groups is 2. The molecule has 4 N–H and O–H groups in total. The molecule has 0 saturated carbocycles. The first-order valence-corrected chi connectivity index (χ1v) is 19.0. The van der Waals surface area contributed by atoms with Crippen LogP contribution >= 0.6 is 0 Å². The number of hydrogen-bond donors (Lipinski definition) is 4. The zero-order valence-electron chi connectivity index (χ0n) is 33.5. The summed E-state index contributed by atoms with van der Waals surface area (Å²) >= 11 is 0. The summed E-state index contributed by atoms with van der Waals surface area (Å²) in [4.78, 5) is 69.6. The molecule has 304 valence electrons. The molecule has 8 bridgehead atoms. The Labute approximate surface area is 335 Å². The van der Waals surface area contributed by atoms with Crippen molar-refractivity contribution in [3.8, 4) is 0 Å². The number of rotatable bonds is 13. The van der Waals surface area contributed by atoms with Gasteiger partial charge in [0.1, 0.15) is 19.1 Å². The van der Waals surface area contributed by atoms with Crippen LogP contribution in [0, 0.1) is 19.8 Å². The highest BCUT2D eigenvalue weighted by Crippen LogP contribution is 2.52. The van der Waals surface area contributed by atoms with Crippen molar-refractivity contribution in [2.24, 2.45) is 5.92 Å². The number of aryl methyl sites for hydroxylation is 3. The van der Waals surface area contributed by atoms with Gasteiger partial charge in [-0.1, -0.05) is 24.8 Å². The second-order valence-corrected chi connectivity index (χ2v) is 14.4. The van der Waals surface area contributed by atoms with Crippen LogP contribution in [0.5, 0.6) is 0 Å². The number of carbonyl (C=O) groups is 4. The molecule has 5 heterocycles. The molecule has 3 aromatic rings. The summed E-state index contributed by atoms with van der Waals surface area (Å²) in [5.41, 5.74) is 9.63. The van der Waals surface area contributed by atoms with Crippen LogP contribution in [-0.4, -0.2) is 94.7 Å². The molecule has 6 rings (SSSR count). The molecule has 14 nitrogen and oxygen atoms in total. The van der Waals surface area contributed by atoms with E-state index in [1.807, 2.05) is 52.0 Å². The topological polar surface area (TPSA) is 203 Å². The van der Waals surface area contributed by atoms with Crippen LogP contribution in [0.1, 0.15) is 78.1 Å². The fraction of sp³-hybridized carbons (Fsp3) is 0.364. The first-order valence-electron chi connectivity index (χ1n) is 19.0. The van der Waals surface area contributed by atoms with Gasteiger partial charge in [0.05, 0.1) is 61.2 Å². The number of nitrogens with zero attached hydrogens (tertiary/aromatic N) is 2. The second-order valence-electron chi connectivity index (χ2n) is 14.4. The molecule has 1 aliphatic carbocycles. The molecule has 3 aromatic heterocycles. The summed E-state index contributed by atoms with van der Waals surface area (Å²) in [7, 11) is 2.54. The predicted molar refractivity (Wildman–Crippen MR) is 218 cm³/mol. The van der Waals surface area contributed by atoms with E-state index >= 15 is 0 Å². The fourth-order valence-corrected chi connectivity index (χ4v) is 8.04. The molecular weight excluding hydrogens is 745 g/mol. The molecule has 0 spiro atoms. The summed E-state index contributed by atoms with van der Waals surface area (Å²) in [6, 6.07) is 7.57. The van der Waals surface area contributed by atoms with Crippen LogP contribution in [0.3, 0.4) is 0 Å². The number of methoxy groups -OCH3 is 2. The van der Waals surface area contributed by atoms with Crippen LogP contribution in [0.25, 0.3) is 44.9 Å². The van der Waals surface area contributed by atoms with Gasteiger partial charge in [0.2, 0.25) is 0 Å². The van der Waals surface area contributed by atoms with E-state index in [1.54, 1.807) is 18.2 Å². The minimum absolute atomic E-state index is 0.0258. The van der Waals surface area contributed by atoms with E-state index in [2.05, 4.69) is 16.5 Å². The van der Waals surface area contributed by atoms with Crippen LogP contribution < -0.4 is 0 Å². The minimum atomic E-state index is -1.20. The number of aromatic nitrogens is 4. The van der Waals surface area contributed by atoms with Gasteiger partial charge in [-0.2, -0.15) is 0 Å². The average molecular weight is 793 g/mol. The SMILES string of the molecule is C=Cc1c(C)c2cc3[nH]c(cc4nc(cc5nc(cc1[nH]2)C1(C)C5=CC=C(C(=O)OC)C1C(=O)OC)C(C)=C4CCC(=O)OCCO)c(CCC(=O)OCCO)c3C. The van der Waals surface area contributed by atoms with Crippen molar-refractivity contribution in [2.45, 2.75) is 58.8 Å². The zero-order chi connectivity index (χ0) is 41.9. The van der Waals surface area contributed by atoms with E-state index in [-0.39, 0.29) is 51.3 Å². The molecule has 0 saturated heterocycles. The number of carbonyl (C=O) groups excluding carboxylic acids is 4. The first-order chi connectivity index (χ1) is 27.8. The Morgan fingerprint density at radius 1 is 0.793 bits per heavy atom. The lowest BCUT2D eigenvalue weighted by Gasteiger charge is -2.36. The van der Waals surface area contributed by atoms with Crippen LogP contribution in [0.2, 0.25) is 0 Å². The monoisotopic (exact) mass is 792 g/mol. The number of aliphatic hydroxyl groups excluding tert-OH is 2. The summed E-state index contributed by atoms with van der Waals surface area (Å²) in [5, 5.41) is 18.4. The number of aromatic amines is 2. The highest BCUT2D eigenvalue weighted by molar-refractivity contribution is 6.02. The predicted octanol–water partition coefficient (Wildman–Crippen LogP) is 5.53. The van der Waals surface area contributed by atoms with Gasteiger partial charge in [-0.25, -0.2) is 9.78 Å². The van der Waals surface area contributed by atoms with Crippen molar-refractivity contribution >= 4 is 68.7 Å². The minimum Gasteiger partial charge on any atom is -0.469 e. The lowest BCUT2D eigenvalue weighted by atomic mass is 9.64. The normalized spacial score (nSPS) is 17.2. The van der Waals surface area contributed by atoms with E-state index in [1.165, 1.54) is 14.2 Å². The Kier molecular flexibility index (Phi) is 12.3. The van der Waals surface area contributed by atoms with E-state index in [9.17, 15) is 29.4 Å². The summed E-state index contributed by atoms with van der Waals surface area (Å²) < 4.78 is 20.8. The molecule has 3 aliphatic rings. The van der Waals surface area contributed by atoms with Gasteiger partial charge >= 0.3 is 23.9 Å². The van der Waals surface area contributed by atoms with Crippen molar-refractivity contribution in [2.75, 3.05) is 40.6 Å². The third-order valence-electron chi connectivity index (χ3n) is 11.2. The van der Waals surface area contributed by atoms with Crippen molar-refractivity contribution in [1.82, 2.24) is 19.9 Å². The molecule has 58 heavy (non-hydrogen) atoms. The lowest BCUT2D eigenvalue weighted by Crippen LogP contribution is -2.42. The molecule has 0 aromatic carbocycles. The highest BCUT2D eigenvalue weighted by Gasteiger charge is 2.53. The Morgan fingerprint density at radius 3 is 2.09 bits per heavy atom. The van der Waals surface area contributed by atoms with Gasteiger partial charge in [-0.15, -0.1) is 0 Å². The van der Waals surface area contributed by atoms with E-state index < -0.39 is 35.2 Å². The van der Waals surface area contributed by atoms with Crippen LogP contribution in [0.15, 0.2) is 48.6 Å². The molecule has 2 aliphatic heterocycles. The number of ether oxygens (including phenoxy) is 4. The second kappa shape index (κ2) is 17.2. The van der Waals surface area contributed by atoms with Gasteiger partial charge in [-0.3, -0.25) is 19.4 Å². The lowest BCUT2D eigenvalue weighted by molar-refractivity contribution is -0.149. The molecular formula is C44H48N4O10. The third kappa shape index (κ3) is 7.64. The van der Waals surface area contributed by atoms with Crippen molar-refractivity contribution in [3.63, 3.8) is 0 Å². The average Bonchev–Trinajstić information content (AvgIpc) is 3.87. The summed E-state index contributed by atoms with van der Waals surface area (Å²) in [6.45, 7) is 11.0. The largest absolute Gasteiger partial charge is 0.469 e. The van der Waals surface area contributed by atoms with Gasteiger partial charge in [0.25, 0.3) is 0 Å². The number of esters is 4. The maximum Gasteiger partial charge on any atom is 0.334 e. The Morgan fingerprint density at radius 2 is 1.45 bits per heavy atom. The Bertz CT molecular complexity index is 2470. The maximum absolute atomic E-state index is 13.7. The summed E-state index contributed by atoms with van der Waals surface area (Å²) in [5.74, 6) is -3.33. The van der Waals surface area contributed by atoms with Crippen molar-refractivity contribution in [1.29, 1.82) is 0 Å². The van der Waals surface area contributed by atoms with E-state index in [0.29, 0.717) is 45.8 Å². The Hall–Kier alpha value is -6.12. The Balaban J connectivity index is 1.70. The quantitative estimate of drug-likeness (QED) is 0.125. The van der Waals surface area contributed by atoms with Crippen LogP contribution in [-0.2, 0) is 50.0 Å². The molecule has 0 radical (unpaired) electrons. The number of allylic oxidation sites excluding steroid dienone is 5. The summed E-state index contributed by atoms with van der Waals surface area (Å²) in [6.07, 6.45) is 5.79. The molecule has 2 atom stereocenters. The zero-order valence-corrected chi connectivity index (χ0v) is 33.5.